The molecule has 10 heteroatoms. The summed E-state index contributed by atoms with van der Waals surface area (Å²) in [5, 5.41) is 2.56. The highest BCUT2D eigenvalue weighted by Gasteiger charge is 2.37. The van der Waals surface area contributed by atoms with Gasteiger partial charge in [0.2, 0.25) is 5.82 Å². The number of methoxy groups -OCH3 is 1. The van der Waals surface area contributed by atoms with Gasteiger partial charge >= 0.3 is 6.18 Å². The third kappa shape index (κ3) is 4.25. The monoisotopic (exact) mass is 444 g/mol. The second-order valence-electron chi connectivity index (χ2n) is 6.87. The number of imidazole rings is 1. The average Bonchev–Trinajstić information content (AvgIpc) is 3.13. The van der Waals surface area contributed by atoms with Gasteiger partial charge in [0.1, 0.15) is 5.52 Å². The highest BCUT2D eigenvalue weighted by molar-refractivity contribution is 6.04. The fourth-order valence-electron chi connectivity index (χ4n) is 3.22. The zero-order valence-corrected chi connectivity index (χ0v) is 16.7. The van der Waals surface area contributed by atoms with Gasteiger partial charge in [0, 0.05) is 23.5 Å². The Bertz CT molecular complexity index is 1280. The molecule has 0 atom stereocenters. The molecule has 4 rings (SSSR count). The first-order valence-electron chi connectivity index (χ1n) is 9.38. The van der Waals surface area contributed by atoms with Crippen LogP contribution in [0.3, 0.4) is 0 Å². The van der Waals surface area contributed by atoms with Crippen LogP contribution in [-0.4, -0.2) is 27.6 Å². The van der Waals surface area contributed by atoms with E-state index in [1.807, 2.05) is 0 Å². The van der Waals surface area contributed by atoms with Gasteiger partial charge in [-0.2, -0.15) is 13.2 Å². The van der Waals surface area contributed by atoms with Crippen LogP contribution >= 0.6 is 0 Å². The molecule has 0 fully saturated rings. The minimum Gasteiger partial charge on any atom is -0.494 e. The molecular formula is C22H16F4N4O2. The molecule has 0 spiro atoms. The number of hydrogen-bond acceptors (Lipinski definition) is 4. The molecule has 0 radical (unpaired) electrons. The van der Waals surface area contributed by atoms with Gasteiger partial charge in [-0.25, -0.2) is 14.4 Å². The summed E-state index contributed by atoms with van der Waals surface area (Å²) >= 11 is 0. The van der Waals surface area contributed by atoms with E-state index >= 15 is 0 Å². The van der Waals surface area contributed by atoms with Gasteiger partial charge in [-0.15, -0.1) is 0 Å². The van der Waals surface area contributed by atoms with E-state index in [9.17, 15) is 22.4 Å². The van der Waals surface area contributed by atoms with Crippen molar-refractivity contribution in [2.45, 2.75) is 12.7 Å². The number of ether oxygens (including phenoxy) is 1. The van der Waals surface area contributed by atoms with E-state index < -0.39 is 23.7 Å². The number of nitrogens with zero attached hydrogens (tertiary/aromatic N) is 3. The first-order chi connectivity index (χ1) is 15.3. The van der Waals surface area contributed by atoms with Crippen LogP contribution in [0.1, 0.15) is 21.7 Å². The number of rotatable bonds is 5. The molecule has 0 aliphatic rings. The zero-order chi connectivity index (χ0) is 22.9. The van der Waals surface area contributed by atoms with Crippen LogP contribution in [0.2, 0.25) is 0 Å². The first kappa shape index (κ1) is 21.3. The SMILES string of the molecule is COc1ccc(NC(=O)c2ccc(Cn3c(C(F)(F)F)nc4cccnc43)cc2)cc1F. The number of fused-ring (bicyclic) bond motifs is 1. The molecule has 2 aromatic carbocycles. The summed E-state index contributed by atoms with van der Waals surface area (Å²) in [6.45, 7) is -0.131. The van der Waals surface area contributed by atoms with E-state index in [4.69, 9.17) is 4.74 Å². The number of carbonyl (C=O) groups excluding carboxylic acids is 1. The number of amides is 1. The number of halogens is 4. The summed E-state index contributed by atoms with van der Waals surface area (Å²) in [5.74, 6) is -2.12. The molecule has 0 aliphatic heterocycles. The summed E-state index contributed by atoms with van der Waals surface area (Å²) < 4.78 is 60.0. The van der Waals surface area contributed by atoms with E-state index in [1.54, 1.807) is 12.1 Å². The van der Waals surface area contributed by atoms with E-state index in [-0.39, 0.29) is 34.7 Å². The molecule has 6 nitrogen and oxygen atoms in total. The fourth-order valence-corrected chi connectivity index (χ4v) is 3.22. The van der Waals surface area contributed by atoms with Crippen LogP contribution in [0.15, 0.2) is 60.8 Å². The van der Waals surface area contributed by atoms with Crippen molar-refractivity contribution in [1.82, 2.24) is 14.5 Å². The molecule has 0 saturated heterocycles. The Balaban J connectivity index is 1.55. The molecule has 2 aromatic heterocycles. The van der Waals surface area contributed by atoms with E-state index in [0.29, 0.717) is 5.56 Å². The van der Waals surface area contributed by atoms with Crippen LogP contribution in [0.5, 0.6) is 5.75 Å². The molecule has 32 heavy (non-hydrogen) atoms. The fraction of sp³-hybridized carbons (Fsp3) is 0.136. The summed E-state index contributed by atoms with van der Waals surface area (Å²) in [7, 11) is 1.33. The number of aromatic nitrogens is 3. The van der Waals surface area contributed by atoms with Crippen molar-refractivity contribution in [2.24, 2.45) is 0 Å². The van der Waals surface area contributed by atoms with Crippen LogP contribution in [-0.2, 0) is 12.7 Å². The molecule has 1 N–H and O–H groups in total. The second-order valence-corrected chi connectivity index (χ2v) is 6.87. The maximum atomic E-state index is 13.8. The minimum absolute atomic E-state index is 0.0482. The predicted octanol–water partition coefficient (Wildman–Crippen LogP) is 4.90. The third-order valence-corrected chi connectivity index (χ3v) is 4.72. The Morgan fingerprint density at radius 1 is 1.12 bits per heavy atom. The van der Waals surface area contributed by atoms with Crippen LogP contribution < -0.4 is 10.1 Å². The molecule has 0 saturated carbocycles. The number of nitrogens with one attached hydrogen (secondary N) is 1. The number of alkyl halides is 3. The van der Waals surface area contributed by atoms with Gasteiger partial charge in [0.15, 0.2) is 17.2 Å². The van der Waals surface area contributed by atoms with Crippen molar-refractivity contribution in [3.63, 3.8) is 0 Å². The maximum absolute atomic E-state index is 13.8. The van der Waals surface area contributed by atoms with Crippen molar-refractivity contribution in [1.29, 1.82) is 0 Å². The Labute approximate surface area is 179 Å². The Morgan fingerprint density at radius 2 is 1.88 bits per heavy atom. The largest absolute Gasteiger partial charge is 0.494 e. The molecular weight excluding hydrogens is 428 g/mol. The number of pyridine rings is 1. The van der Waals surface area contributed by atoms with Gasteiger partial charge in [0.25, 0.3) is 5.91 Å². The van der Waals surface area contributed by atoms with Crippen molar-refractivity contribution in [2.75, 3.05) is 12.4 Å². The highest BCUT2D eigenvalue weighted by atomic mass is 19.4. The molecule has 0 unspecified atom stereocenters. The van der Waals surface area contributed by atoms with Gasteiger partial charge in [-0.05, 0) is 42.0 Å². The van der Waals surface area contributed by atoms with Gasteiger partial charge < -0.3 is 14.6 Å². The van der Waals surface area contributed by atoms with Crippen LogP contribution in [0, 0.1) is 5.82 Å². The topological polar surface area (TPSA) is 69.0 Å². The third-order valence-electron chi connectivity index (χ3n) is 4.72. The normalized spacial score (nSPS) is 11.5. The summed E-state index contributed by atoms with van der Waals surface area (Å²) in [6.07, 6.45) is -3.25. The lowest BCUT2D eigenvalue weighted by molar-refractivity contribution is -0.146. The van der Waals surface area contributed by atoms with E-state index in [0.717, 1.165) is 10.6 Å². The Hall–Kier alpha value is -3.95. The summed E-state index contributed by atoms with van der Waals surface area (Å²) in [6, 6.07) is 13.0. The van der Waals surface area contributed by atoms with E-state index in [2.05, 4.69) is 15.3 Å². The number of anilines is 1. The van der Waals surface area contributed by atoms with E-state index in [1.165, 1.54) is 49.7 Å². The Kier molecular flexibility index (Phi) is 5.52. The maximum Gasteiger partial charge on any atom is 0.449 e. The molecule has 0 aliphatic carbocycles. The summed E-state index contributed by atoms with van der Waals surface area (Å²) in [4.78, 5) is 20.1. The van der Waals surface area contributed by atoms with Gasteiger partial charge in [-0.3, -0.25) is 4.79 Å². The lowest BCUT2D eigenvalue weighted by Crippen LogP contribution is -2.16. The smallest absolute Gasteiger partial charge is 0.449 e. The Morgan fingerprint density at radius 3 is 2.53 bits per heavy atom. The molecule has 1 amide bonds. The number of carbonyl (C=O) groups is 1. The van der Waals surface area contributed by atoms with Crippen molar-refractivity contribution in [3.8, 4) is 5.75 Å². The second kappa shape index (κ2) is 8.29. The molecule has 164 valence electrons. The summed E-state index contributed by atoms with van der Waals surface area (Å²) in [5.41, 5.74) is 1.27. The van der Waals surface area contributed by atoms with Gasteiger partial charge in [-0.1, -0.05) is 12.1 Å². The lowest BCUT2D eigenvalue weighted by Gasteiger charge is -2.12. The van der Waals surface area contributed by atoms with Gasteiger partial charge in [0.05, 0.1) is 13.7 Å². The standard InChI is InChI=1S/C22H16F4N4O2/c1-32-18-9-8-15(11-16(18)23)28-20(31)14-6-4-13(5-7-14)12-30-19-17(3-2-10-27-19)29-21(30)22(24,25)26/h2-11H,12H2,1H3,(H,28,31). The average molecular weight is 444 g/mol. The molecule has 4 aromatic rings. The van der Waals surface area contributed by atoms with Crippen LogP contribution in [0.4, 0.5) is 23.2 Å². The predicted molar refractivity (Wildman–Crippen MR) is 109 cm³/mol. The highest BCUT2D eigenvalue weighted by Crippen LogP contribution is 2.31. The number of hydrogen-bond donors (Lipinski definition) is 1. The van der Waals surface area contributed by atoms with Crippen molar-refractivity contribution in [3.05, 3.63) is 83.6 Å². The van der Waals surface area contributed by atoms with Crippen LogP contribution in [0.25, 0.3) is 11.2 Å². The zero-order valence-electron chi connectivity index (χ0n) is 16.7. The quantitative estimate of drug-likeness (QED) is 0.445. The van der Waals surface area contributed by atoms with Crippen molar-refractivity contribution >= 4 is 22.8 Å². The first-order valence-corrected chi connectivity index (χ1v) is 9.38. The minimum atomic E-state index is -4.64. The lowest BCUT2D eigenvalue weighted by atomic mass is 10.1. The van der Waals surface area contributed by atoms with Crippen molar-refractivity contribution < 1.29 is 27.1 Å². The number of benzene rings is 2. The molecule has 2 heterocycles. The molecule has 0 bridgehead atoms.